The Labute approximate surface area is 165 Å². The van der Waals surface area contributed by atoms with E-state index >= 15 is 0 Å². The van der Waals surface area contributed by atoms with Gasteiger partial charge in [0.15, 0.2) is 5.78 Å². The van der Waals surface area contributed by atoms with Crippen LogP contribution in [0, 0.1) is 6.92 Å². The summed E-state index contributed by atoms with van der Waals surface area (Å²) >= 11 is 0. The lowest BCUT2D eigenvalue weighted by Gasteiger charge is -2.18. The van der Waals surface area contributed by atoms with Crippen LogP contribution in [0.15, 0.2) is 78.9 Å². The Bertz CT molecular complexity index is 949. The molecule has 0 heterocycles. The van der Waals surface area contributed by atoms with Crippen molar-refractivity contribution in [3.05, 3.63) is 101 Å². The Morgan fingerprint density at radius 3 is 2.14 bits per heavy atom. The van der Waals surface area contributed by atoms with Gasteiger partial charge in [-0.2, -0.15) is 0 Å². The molecule has 1 amide bonds. The third-order valence-corrected chi connectivity index (χ3v) is 4.46. The summed E-state index contributed by atoms with van der Waals surface area (Å²) < 4.78 is 5.70. The van der Waals surface area contributed by atoms with Gasteiger partial charge in [0.05, 0.1) is 6.54 Å². The summed E-state index contributed by atoms with van der Waals surface area (Å²) in [6.07, 6.45) is 0. The highest BCUT2D eigenvalue weighted by molar-refractivity contribution is 6.09. The Kier molecular flexibility index (Phi) is 6.22. The second kappa shape index (κ2) is 9.00. The van der Waals surface area contributed by atoms with Crippen LogP contribution in [0.25, 0.3) is 0 Å². The van der Waals surface area contributed by atoms with Crippen LogP contribution in [0.3, 0.4) is 0 Å². The largest absolute Gasteiger partial charge is 0.492 e. The van der Waals surface area contributed by atoms with Gasteiger partial charge < -0.3 is 9.64 Å². The maximum Gasteiger partial charge on any atom is 0.253 e. The molecule has 0 unspecified atom stereocenters. The van der Waals surface area contributed by atoms with Crippen molar-refractivity contribution in [1.29, 1.82) is 0 Å². The van der Waals surface area contributed by atoms with E-state index in [0.717, 1.165) is 11.3 Å². The second-order valence-corrected chi connectivity index (χ2v) is 6.66. The van der Waals surface area contributed by atoms with E-state index in [1.807, 2.05) is 49.4 Å². The van der Waals surface area contributed by atoms with Gasteiger partial charge in [0.2, 0.25) is 0 Å². The monoisotopic (exact) mass is 373 g/mol. The molecule has 3 aromatic rings. The summed E-state index contributed by atoms with van der Waals surface area (Å²) in [7, 11) is 1.74. The number of amides is 1. The third-order valence-electron chi connectivity index (χ3n) is 4.46. The van der Waals surface area contributed by atoms with Crippen LogP contribution in [0.4, 0.5) is 0 Å². The number of benzene rings is 3. The van der Waals surface area contributed by atoms with Crippen molar-refractivity contribution in [3.8, 4) is 5.75 Å². The standard InChI is InChI=1S/C24H23NO3/c1-18-7-6-10-22(17-18)28-16-15-25(2)24(27)21-13-11-20(12-14-21)23(26)19-8-4-3-5-9-19/h3-14,17H,15-16H2,1-2H3. The van der Waals surface area contributed by atoms with Crippen molar-refractivity contribution >= 4 is 11.7 Å². The first kappa shape index (κ1) is 19.4. The average Bonchev–Trinajstić information content (AvgIpc) is 2.73. The summed E-state index contributed by atoms with van der Waals surface area (Å²) in [6, 6.07) is 23.7. The van der Waals surface area contributed by atoms with Crippen molar-refractivity contribution in [2.75, 3.05) is 20.2 Å². The minimum Gasteiger partial charge on any atom is -0.492 e. The topological polar surface area (TPSA) is 46.6 Å². The molecule has 0 radical (unpaired) electrons. The third kappa shape index (κ3) is 4.86. The van der Waals surface area contributed by atoms with E-state index in [1.54, 1.807) is 48.3 Å². The summed E-state index contributed by atoms with van der Waals surface area (Å²) in [5, 5.41) is 0. The lowest BCUT2D eigenvalue weighted by Crippen LogP contribution is -2.30. The van der Waals surface area contributed by atoms with Crippen molar-refractivity contribution < 1.29 is 14.3 Å². The molecular formula is C24H23NO3. The normalized spacial score (nSPS) is 10.4. The Morgan fingerprint density at radius 1 is 0.821 bits per heavy atom. The summed E-state index contributed by atoms with van der Waals surface area (Å²) in [5.74, 6) is 0.635. The molecule has 4 heteroatoms. The minimum atomic E-state index is -0.105. The first-order chi connectivity index (χ1) is 13.5. The van der Waals surface area contributed by atoms with Gasteiger partial charge in [-0.25, -0.2) is 0 Å². The van der Waals surface area contributed by atoms with Crippen molar-refractivity contribution in [2.24, 2.45) is 0 Å². The molecule has 0 saturated heterocycles. The van der Waals surface area contributed by atoms with E-state index in [2.05, 4.69) is 0 Å². The van der Waals surface area contributed by atoms with Crippen molar-refractivity contribution in [3.63, 3.8) is 0 Å². The van der Waals surface area contributed by atoms with Crippen molar-refractivity contribution in [1.82, 2.24) is 4.90 Å². The predicted molar refractivity (Wildman–Crippen MR) is 110 cm³/mol. The number of ketones is 1. The van der Waals surface area contributed by atoms with Gasteiger partial charge in [-0.3, -0.25) is 9.59 Å². The number of aryl methyl sites for hydroxylation is 1. The molecule has 0 saturated carbocycles. The molecule has 0 bridgehead atoms. The molecule has 28 heavy (non-hydrogen) atoms. The Hall–Kier alpha value is -3.40. The van der Waals surface area contributed by atoms with Gasteiger partial charge in [0.1, 0.15) is 12.4 Å². The maximum absolute atomic E-state index is 12.6. The van der Waals surface area contributed by atoms with E-state index in [0.29, 0.717) is 29.8 Å². The molecule has 0 aliphatic rings. The lowest BCUT2D eigenvalue weighted by molar-refractivity contribution is 0.0773. The Balaban J connectivity index is 1.57. The van der Waals surface area contributed by atoms with Gasteiger partial charge >= 0.3 is 0 Å². The van der Waals surface area contributed by atoms with Crippen LogP contribution in [0.2, 0.25) is 0 Å². The highest BCUT2D eigenvalue weighted by Gasteiger charge is 2.14. The van der Waals surface area contributed by atoms with Gasteiger partial charge in [-0.05, 0) is 36.8 Å². The molecule has 3 rings (SSSR count). The number of nitrogens with zero attached hydrogens (tertiary/aromatic N) is 1. The van der Waals surface area contributed by atoms with Gasteiger partial charge in [0.25, 0.3) is 5.91 Å². The quantitative estimate of drug-likeness (QED) is 0.578. The second-order valence-electron chi connectivity index (χ2n) is 6.66. The molecule has 0 N–H and O–H groups in total. The maximum atomic E-state index is 12.6. The molecule has 0 aliphatic heterocycles. The van der Waals surface area contributed by atoms with Crippen LogP contribution in [-0.2, 0) is 0 Å². The molecule has 142 valence electrons. The molecule has 4 nitrogen and oxygen atoms in total. The van der Waals surface area contributed by atoms with Crippen LogP contribution in [0.5, 0.6) is 5.75 Å². The first-order valence-electron chi connectivity index (χ1n) is 9.19. The lowest BCUT2D eigenvalue weighted by atomic mass is 10.0. The van der Waals surface area contributed by atoms with E-state index < -0.39 is 0 Å². The number of hydrogen-bond donors (Lipinski definition) is 0. The number of likely N-dealkylation sites (N-methyl/N-ethyl adjacent to an activating group) is 1. The Morgan fingerprint density at radius 2 is 1.46 bits per heavy atom. The van der Waals surface area contributed by atoms with E-state index in [-0.39, 0.29) is 11.7 Å². The number of rotatable bonds is 7. The van der Waals surface area contributed by atoms with E-state index in [1.165, 1.54) is 0 Å². The fourth-order valence-corrected chi connectivity index (χ4v) is 2.85. The van der Waals surface area contributed by atoms with Gasteiger partial charge in [-0.15, -0.1) is 0 Å². The smallest absolute Gasteiger partial charge is 0.253 e. The molecular weight excluding hydrogens is 350 g/mol. The minimum absolute atomic E-state index is 0.0560. The zero-order valence-electron chi connectivity index (χ0n) is 16.1. The highest BCUT2D eigenvalue weighted by Crippen LogP contribution is 2.14. The molecule has 3 aromatic carbocycles. The molecule has 0 spiro atoms. The summed E-state index contributed by atoms with van der Waals surface area (Å²) in [4.78, 5) is 26.6. The number of hydrogen-bond acceptors (Lipinski definition) is 3. The SMILES string of the molecule is Cc1cccc(OCCN(C)C(=O)c2ccc(C(=O)c3ccccc3)cc2)c1. The highest BCUT2D eigenvalue weighted by atomic mass is 16.5. The van der Waals surface area contributed by atoms with Gasteiger partial charge in [-0.1, -0.05) is 54.6 Å². The van der Waals surface area contributed by atoms with Crippen LogP contribution < -0.4 is 4.74 Å². The van der Waals surface area contributed by atoms with Crippen LogP contribution in [-0.4, -0.2) is 36.8 Å². The zero-order chi connectivity index (χ0) is 19.9. The predicted octanol–water partition coefficient (Wildman–Crippen LogP) is 4.38. The fraction of sp³-hybridized carbons (Fsp3) is 0.167. The van der Waals surface area contributed by atoms with Crippen molar-refractivity contribution in [2.45, 2.75) is 6.92 Å². The molecule has 0 aliphatic carbocycles. The number of ether oxygens (including phenoxy) is 1. The zero-order valence-corrected chi connectivity index (χ0v) is 16.1. The fourth-order valence-electron chi connectivity index (χ4n) is 2.85. The van der Waals surface area contributed by atoms with E-state index in [9.17, 15) is 9.59 Å². The molecule has 0 atom stereocenters. The average molecular weight is 373 g/mol. The molecule has 0 aromatic heterocycles. The first-order valence-corrected chi connectivity index (χ1v) is 9.19. The van der Waals surface area contributed by atoms with Crippen LogP contribution >= 0.6 is 0 Å². The molecule has 0 fully saturated rings. The van der Waals surface area contributed by atoms with Gasteiger partial charge in [0, 0.05) is 23.7 Å². The summed E-state index contributed by atoms with van der Waals surface area (Å²) in [5.41, 5.74) is 2.87. The summed E-state index contributed by atoms with van der Waals surface area (Å²) in [6.45, 7) is 2.89. The van der Waals surface area contributed by atoms with E-state index in [4.69, 9.17) is 4.74 Å². The van der Waals surface area contributed by atoms with Crippen LogP contribution in [0.1, 0.15) is 31.8 Å². The number of carbonyl (C=O) groups excluding carboxylic acids is 2. The number of carbonyl (C=O) groups is 2.